The third-order valence-corrected chi connectivity index (χ3v) is 6.61. The summed E-state index contributed by atoms with van der Waals surface area (Å²) in [5.41, 5.74) is 2.86. The molecule has 0 spiro atoms. The fourth-order valence-corrected chi connectivity index (χ4v) is 4.61. The van der Waals surface area contributed by atoms with Crippen molar-refractivity contribution in [1.82, 2.24) is 10.2 Å². The van der Waals surface area contributed by atoms with E-state index >= 15 is 0 Å². The number of amidine groups is 1. The number of amides is 1. The Morgan fingerprint density at radius 2 is 1.57 bits per heavy atom. The second kappa shape index (κ2) is 12.3. The van der Waals surface area contributed by atoms with Crippen LogP contribution in [0, 0.1) is 5.41 Å². The molecule has 0 saturated carbocycles. The van der Waals surface area contributed by atoms with Gasteiger partial charge in [-0.3, -0.25) is 15.0 Å². The van der Waals surface area contributed by atoms with Crippen LogP contribution in [0.25, 0.3) is 0 Å². The Hall–Kier alpha value is -3.59. The Bertz CT molecular complexity index is 1290. The molecule has 2 aromatic carbocycles. The number of nitrogens with one attached hydrogen (secondary N) is 2. The first kappa shape index (κ1) is 32.6. The molecule has 0 fully saturated rings. The van der Waals surface area contributed by atoms with Crippen molar-refractivity contribution in [3.63, 3.8) is 0 Å². The van der Waals surface area contributed by atoms with Crippen LogP contribution in [0.5, 0.6) is 11.5 Å². The lowest BCUT2D eigenvalue weighted by molar-refractivity contribution is -0.139. The van der Waals surface area contributed by atoms with Crippen LogP contribution in [0.3, 0.4) is 0 Å². The third-order valence-electron chi connectivity index (χ3n) is 6.61. The van der Waals surface area contributed by atoms with Gasteiger partial charge in [0.1, 0.15) is 17.3 Å². The maximum absolute atomic E-state index is 13.7. The van der Waals surface area contributed by atoms with E-state index in [1.165, 1.54) is 7.05 Å². The van der Waals surface area contributed by atoms with Gasteiger partial charge < -0.3 is 24.8 Å². The van der Waals surface area contributed by atoms with Crippen LogP contribution in [0.4, 0.5) is 0 Å². The van der Waals surface area contributed by atoms with E-state index < -0.39 is 23.4 Å². The number of carboxylic acids is 1. The Kier molecular flexibility index (Phi) is 10.0. The number of carbonyl (C=O) groups excluding carboxylic acids is 2. The van der Waals surface area contributed by atoms with E-state index in [1.807, 2.05) is 48.5 Å². The summed E-state index contributed by atoms with van der Waals surface area (Å²) < 4.78 is 11.5. The molecule has 0 bridgehead atoms. The Labute approximate surface area is 242 Å². The highest BCUT2D eigenvalue weighted by Gasteiger charge is 2.32. The van der Waals surface area contributed by atoms with Gasteiger partial charge in [0.2, 0.25) is 0 Å². The van der Waals surface area contributed by atoms with Crippen LogP contribution in [-0.2, 0) is 22.2 Å². The number of halogens is 1. The third kappa shape index (κ3) is 6.94. The zero-order valence-corrected chi connectivity index (χ0v) is 25.3. The van der Waals surface area contributed by atoms with E-state index in [0.717, 1.165) is 16.7 Å². The molecule has 3 rings (SSSR count). The van der Waals surface area contributed by atoms with Crippen molar-refractivity contribution in [2.24, 2.45) is 0 Å². The van der Waals surface area contributed by atoms with Crippen molar-refractivity contribution < 1.29 is 29.0 Å². The number of carbonyl (C=O) groups is 3. The molecule has 0 unspecified atom stereocenters. The van der Waals surface area contributed by atoms with E-state index in [2.05, 4.69) is 5.32 Å². The van der Waals surface area contributed by atoms with Gasteiger partial charge in [0.25, 0.3) is 5.91 Å². The van der Waals surface area contributed by atoms with Gasteiger partial charge >= 0.3 is 5.97 Å². The fraction of sp³-hybridized carbons (Fsp3) is 0.467. The molecular weight excluding hydrogens is 534 g/mol. The number of Topliss-reactive ketones (excluding diaryl/α,β-unsaturated/α-hetero) is 1. The van der Waals surface area contributed by atoms with Crippen molar-refractivity contribution in [3.05, 3.63) is 57.6 Å². The van der Waals surface area contributed by atoms with E-state index in [4.69, 9.17) is 14.9 Å². The predicted octanol–water partition coefficient (Wildman–Crippen LogP) is 4.95. The Morgan fingerprint density at radius 3 is 2.05 bits per heavy atom. The molecule has 0 atom stereocenters. The number of hydrogen-bond acceptors (Lipinski definition) is 6. The molecule has 9 nitrogen and oxygen atoms in total. The highest BCUT2D eigenvalue weighted by molar-refractivity contribution is 6.07. The van der Waals surface area contributed by atoms with Gasteiger partial charge in [0, 0.05) is 35.8 Å². The summed E-state index contributed by atoms with van der Waals surface area (Å²) in [6.45, 7) is 14.0. The molecule has 2 aromatic rings. The van der Waals surface area contributed by atoms with Crippen molar-refractivity contribution in [2.45, 2.75) is 65.8 Å². The van der Waals surface area contributed by atoms with Crippen molar-refractivity contribution >= 4 is 35.9 Å². The average molecular weight is 574 g/mol. The molecule has 1 aliphatic heterocycles. The zero-order chi connectivity index (χ0) is 29.3. The summed E-state index contributed by atoms with van der Waals surface area (Å²) in [5.74, 6) is -0.462. The minimum Gasteiger partial charge on any atom is -0.493 e. The molecule has 218 valence electrons. The normalized spacial score (nSPS) is 12.9. The van der Waals surface area contributed by atoms with E-state index in [-0.39, 0.29) is 36.5 Å². The first-order chi connectivity index (χ1) is 18.1. The van der Waals surface area contributed by atoms with Gasteiger partial charge in [-0.05, 0) is 47.6 Å². The van der Waals surface area contributed by atoms with Gasteiger partial charge in [-0.1, -0.05) is 41.5 Å². The van der Waals surface area contributed by atoms with Crippen LogP contribution in [0.15, 0.2) is 24.3 Å². The number of hydrogen-bond donors (Lipinski definition) is 3. The molecule has 1 heterocycles. The van der Waals surface area contributed by atoms with Crippen molar-refractivity contribution in [3.8, 4) is 11.5 Å². The molecule has 0 radical (unpaired) electrons. The Balaban J connectivity index is 0.00000560. The summed E-state index contributed by atoms with van der Waals surface area (Å²) in [6.07, 6.45) is 0. The number of ketones is 1. The summed E-state index contributed by atoms with van der Waals surface area (Å²) in [6, 6.07) is 6.97. The van der Waals surface area contributed by atoms with E-state index in [1.54, 1.807) is 29.2 Å². The lowest BCUT2D eigenvalue weighted by atomic mass is 9.78. The maximum atomic E-state index is 13.7. The van der Waals surface area contributed by atoms with Gasteiger partial charge in [0.05, 0.1) is 18.7 Å². The maximum Gasteiger partial charge on any atom is 0.341 e. The Morgan fingerprint density at radius 1 is 1.00 bits per heavy atom. The van der Waals surface area contributed by atoms with Crippen LogP contribution in [-0.4, -0.2) is 60.3 Å². The van der Waals surface area contributed by atoms with Crippen molar-refractivity contribution in [1.29, 1.82) is 5.41 Å². The van der Waals surface area contributed by atoms with Crippen LogP contribution in [0.2, 0.25) is 0 Å². The molecule has 1 aliphatic rings. The number of rotatable bonds is 9. The number of benzene rings is 2. The molecular formula is C30H40ClN3O6. The summed E-state index contributed by atoms with van der Waals surface area (Å²) in [5, 5.41) is 20.6. The number of fused-ring (bicyclic) bond motifs is 1. The molecule has 3 N–H and O–H groups in total. The molecule has 40 heavy (non-hydrogen) atoms. The highest BCUT2D eigenvalue weighted by Crippen LogP contribution is 2.41. The average Bonchev–Trinajstić information content (AvgIpc) is 3.14. The number of carboxylic acid groups (broad SMARTS) is 1. The summed E-state index contributed by atoms with van der Waals surface area (Å²) >= 11 is 0. The monoisotopic (exact) mass is 573 g/mol. The molecule has 0 saturated heterocycles. The zero-order valence-electron chi connectivity index (χ0n) is 24.5. The quantitative estimate of drug-likeness (QED) is 0.362. The number of nitrogens with zero attached hydrogens (tertiary/aromatic N) is 1. The minimum absolute atomic E-state index is 0. The van der Waals surface area contributed by atoms with Crippen LogP contribution < -0.4 is 14.8 Å². The predicted molar refractivity (Wildman–Crippen MR) is 157 cm³/mol. The highest BCUT2D eigenvalue weighted by atomic mass is 35.5. The molecule has 0 aromatic heterocycles. The van der Waals surface area contributed by atoms with Gasteiger partial charge in [0.15, 0.2) is 12.4 Å². The second-order valence-electron chi connectivity index (χ2n) is 11.7. The minimum atomic E-state index is -1.07. The standard InChI is InChI=1S/C30H39N3O6.ClH/c1-9-38-24-12-18-14-33(27(31)19(18)13-20(24)28(37)32-8)15-23(34)17-10-21(29(2,3)4)26(39-16-25(35)36)22(11-17)30(5,6)7;/h10-13,31H,9,14-16H2,1-8H3,(H,32,37)(H,35,36);1H. The molecule has 10 heteroatoms. The second-order valence-corrected chi connectivity index (χ2v) is 11.7. The lowest BCUT2D eigenvalue weighted by Gasteiger charge is -2.30. The summed E-state index contributed by atoms with van der Waals surface area (Å²) in [4.78, 5) is 39.1. The van der Waals surface area contributed by atoms with E-state index in [0.29, 0.717) is 41.3 Å². The van der Waals surface area contributed by atoms with Crippen LogP contribution >= 0.6 is 12.4 Å². The lowest BCUT2D eigenvalue weighted by Crippen LogP contribution is -2.31. The SMILES string of the molecule is CCOc1cc2c(cc1C(=O)NC)C(=N)N(CC(=O)c1cc(C(C)(C)C)c(OCC(=O)O)c(C(C)(C)C)c1)C2.Cl. The van der Waals surface area contributed by atoms with Crippen molar-refractivity contribution in [2.75, 3.05) is 26.8 Å². The smallest absolute Gasteiger partial charge is 0.341 e. The first-order valence-electron chi connectivity index (χ1n) is 13.0. The summed E-state index contributed by atoms with van der Waals surface area (Å²) in [7, 11) is 1.54. The molecule has 1 amide bonds. The molecule has 0 aliphatic carbocycles. The topological polar surface area (TPSA) is 129 Å². The number of aliphatic carboxylic acids is 1. The van der Waals surface area contributed by atoms with Gasteiger partial charge in [-0.2, -0.15) is 0 Å². The first-order valence-corrected chi connectivity index (χ1v) is 13.0. The number of ether oxygens (including phenoxy) is 2. The van der Waals surface area contributed by atoms with E-state index in [9.17, 15) is 19.5 Å². The van der Waals surface area contributed by atoms with Crippen LogP contribution in [0.1, 0.15) is 91.4 Å². The fourth-order valence-electron chi connectivity index (χ4n) is 4.61. The van der Waals surface area contributed by atoms with Gasteiger partial charge in [-0.15, -0.1) is 12.4 Å². The largest absolute Gasteiger partial charge is 0.493 e. The van der Waals surface area contributed by atoms with Gasteiger partial charge in [-0.25, -0.2) is 4.79 Å².